The monoisotopic (exact) mass is 786 g/mol. The lowest BCUT2D eigenvalue weighted by atomic mass is 9.94. The normalized spacial score (nSPS) is 11.7. The van der Waals surface area contributed by atoms with Crippen molar-refractivity contribution in [3.05, 3.63) is 18.2 Å². The topological polar surface area (TPSA) is 64.4 Å². The summed E-state index contributed by atoms with van der Waals surface area (Å²) in [5.41, 5.74) is 0. The van der Waals surface area contributed by atoms with Gasteiger partial charge >= 0.3 is 5.97 Å². The average Bonchev–Trinajstić information content (AvgIpc) is 3.61. The van der Waals surface area contributed by atoms with E-state index in [9.17, 15) is 9.59 Å². The third-order valence-corrected chi connectivity index (χ3v) is 12.0. The van der Waals surface area contributed by atoms with Gasteiger partial charge in [0.25, 0.3) is 0 Å². The maximum absolute atomic E-state index is 13.1. The number of unbranched alkanes of at least 4 members (excludes halogenated alkanes) is 25. The average molecular weight is 786 g/mol. The number of hydrogen-bond acceptors (Lipinski definition) is 5. The zero-order chi connectivity index (χ0) is 40.6. The second-order valence-corrected chi connectivity index (χ2v) is 17.4. The first-order chi connectivity index (χ1) is 27.5. The molecule has 6 nitrogen and oxygen atoms in total. The van der Waals surface area contributed by atoms with E-state index in [4.69, 9.17) is 4.74 Å². The van der Waals surface area contributed by atoms with Crippen LogP contribution in [0.25, 0.3) is 0 Å². The predicted molar refractivity (Wildman–Crippen MR) is 241 cm³/mol. The van der Waals surface area contributed by atoms with E-state index in [0.717, 1.165) is 83.2 Å². The molecule has 6 heteroatoms. The molecule has 0 aliphatic heterocycles. The number of nitrogens with zero attached hydrogens (tertiary/aromatic N) is 3. The maximum Gasteiger partial charge on any atom is 0.308 e. The van der Waals surface area contributed by atoms with E-state index in [2.05, 4.69) is 48.3 Å². The number of rotatable bonds is 44. The number of carbonyl (C=O) groups is 2. The lowest BCUT2D eigenvalue weighted by Gasteiger charge is -2.22. The van der Waals surface area contributed by atoms with E-state index in [1.165, 1.54) is 173 Å². The molecule has 0 bridgehead atoms. The third kappa shape index (κ3) is 32.3. The molecule has 1 heterocycles. The molecular weight excluding hydrogens is 691 g/mol. The minimum absolute atomic E-state index is 0.0778. The minimum atomic E-state index is 0.0778. The summed E-state index contributed by atoms with van der Waals surface area (Å²) in [6.45, 7) is 14.0. The lowest BCUT2D eigenvalue weighted by molar-refractivity contribution is -0.149. The number of ketones is 1. The molecule has 0 saturated carbocycles. The molecule has 0 aliphatic rings. The molecule has 1 rings (SSSR count). The number of imidazole rings is 1. The van der Waals surface area contributed by atoms with Gasteiger partial charge in [-0.25, -0.2) is 4.98 Å². The Morgan fingerprint density at radius 1 is 0.554 bits per heavy atom. The molecule has 0 unspecified atom stereocenters. The van der Waals surface area contributed by atoms with E-state index in [-0.39, 0.29) is 11.9 Å². The smallest absolute Gasteiger partial charge is 0.308 e. The number of aromatic nitrogens is 2. The van der Waals surface area contributed by atoms with Gasteiger partial charge in [-0.1, -0.05) is 181 Å². The number of Topliss-reactive ketones (excluding diaryl/α,β-unsaturated/α-hetero) is 1. The zero-order valence-electron chi connectivity index (χ0n) is 38.1. The first kappa shape index (κ1) is 52.3. The van der Waals surface area contributed by atoms with E-state index in [0.29, 0.717) is 12.4 Å². The largest absolute Gasteiger partial charge is 0.465 e. The highest BCUT2D eigenvalue weighted by Gasteiger charge is 2.19. The van der Waals surface area contributed by atoms with Crippen LogP contribution in [0.5, 0.6) is 0 Å². The fourth-order valence-corrected chi connectivity index (χ4v) is 8.19. The van der Waals surface area contributed by atoms with Crippen LogP contribution in [-0.4, -0.2) is 52.4 Å². The van der Waals surface area contributed by atoms with E-state index >= 15 is 0 Å². The summed E-state index contributed by atoms with van der Waals surface area (Å²) < 4.78 is 8.17. The Morgan fingerprint density at radius 2 is 0.964 bits per heavy atom. The molecule has 0 saturated heterocycles. The van der Waals surface area contributed by atoms with Crippen molar-refractivity contribution < 1.29 is 14.3 Å². The van der Waals surface area contributed by atoms with Crippen molar-refractivity contribution in [3.63, 3.8) is 0 Å². The molecule has 56 heavy (non-hydrogen) atoms. The van der Waals surface area contributed by atoms with Crippen LogP contribution >= 0.6 is 0 Å². The van der Waals surface area contributed by atoms with Gasteiger partial charge in [0.05, 0.1) is 12.5 Å². The summed E-state index contributed by atoms with van der Waals surface area (Å²) >= 11 is 0. The van der Waals surface area contributed by atoms with Gasteiger partial charge in [-0.05, 0) is 77.9 Å². The second-order valence-electron chi connectivity index (χ2n) is 17.4. The summed E-state index contributed by atoms with van der Waals surface area (Å²) in [5, 5.41) is 0. The first-order valence-corrected chi connectivity index (χ1v) is 24.9. The Bertz CT molecular complexity index is 978. The Balaban J connectivity index is 2.29. The Hall–Kier alpha value is -1.69. The molecule has 0 atom stereocenters. The van der Waals surface area contributed by atoms with E-state index < -0.39 is 0 Å². The van der Waals surface area contributed by atoms with Crippen molar-refractivity contribution in [2.75, 3.05) is 26.2 Å². The molecule has 328 valence electrons. The highest BCUT2D eigenvalue weighted by molar-refractivity contribution is 5.78. The van der Waals surface area contributed by atoms with Crippen molar-refractivity contribution in [3.8, 4) is 0 Å². The maximum atomic E-state index is 13.1. The minimum Gasteiger partial charge on any atom is -0.465 e. The van der Waals surface area contributed by atoms with Crippen molar-refractivity contribution in [1.82, 2.24) is 14.5 Å². The van der Waals surface area contributed by atoms with Crippen LogP contribution in [0.3, 0.4) is 0 Å². The molecule has 0 fully saturated rings. The zero-order valence-corrected chi connectivity index (χ0v) is 38.1. The van der Waals surface area contributed by atoms with Gasteiger partial charge in [-0.2, -0.15) is 0 Å². The molecular formula is C50H95N3O3. The molecule has 0 amide bonds. The summed E-state index contributed by atoms with van der Waals surface area (Å²) in [6, 6.07) is 0. The van der Waals surface area contributed by atoms with Crippen molar-refractivity contribution in [2.45, 2.75) is 259 Å². The molecule has 0 aliphatic carbocycles. The standard InChI is InChI=1S/C50H95N3O3/c1-5-8-11-14-17-18-23-30-38-49(54)39-31-24-19-20-25-32-41-52(43-35-44-53-45-40-51-47(53)4)42-33-26-27-34-46-56-50(55)48(36-28-21-15-12-9-6-2)37-29-22-16-13-10-7-3/h40,45,48H,5-39,41-44,46H2,1-4H3. The Morgan fingerprint density at radius 3 is 1.43 bits per heavy atom. The van der Waals surface area contributed by atoms with Crippen LogP contribution in [0.2, 0.25) is 0 Å². The van der Waals surface area contributed by atoms with Gasteiger partial charge < -0.3 is 14.2 Å². The number of carbonyl (C=O) groups excluding carboxylic acids is 2. The number of aryl methyl sites for hydroxylation is 2. The van der Waals surface area contributed by atoms with Crippen molar-refractivity contribution in [2.24, 2.45) is 5.92 Å². The van der Waals surface area contributed by atoms with Gasteiger partial charge in [-0.15, -0.1) is 0 Å². The van der Waals surface area contributed by atoms with Gasteiger partial charge in [0.2, 0.25) is 0 Å². The van der Waals surface area contributed by atoms with Crippen LogP contribution in [0.4, 0.5) is 0 Å². The molecule has 0 N–H and O–H groups in total. The predicted octanol–water partition coefficient (Wildman–Crippen LogP) is 14.9. The van der Waals surface area contributed by atoms with Gasteiger partial charge in [-0.3, -0.25) is 9.59 Å². The van der Waals surface area contributed by atoms with E-state index in [1.54, 1.807) is 0 Å². The fraction of sp³-hybridized carbons (Fsp3) is 0.900. The van der Waals surface area contributed by atoms with Gasteiger partial charge in [0.15, 0.2) is 0 Å². The number of hydrogen-bond donors (Lipinski definition) is 0. The SMILES string of the molecule is CCCCCCCCCCC(=O)CCCCCCCCN(CCCCCCOC(=O)C(CCCCCCCC)CCCCCCCC)CCCn1ccnc1C. The summed E-state index contributed by atoms with van der Waals surface area (Å²) in [6.07, 6.45) is 46.4. The highest BCUT2D eigenvalue weighted by atomic mass is 16.5. The van der Waals surface area contributed by atoms with Crippen LogP contribution < -0.4 is 0 Å². The molecule has 1 aromatic heterocycles. The Kier molecular flexibility index (Phi) is 37.5. The summed E-state index contributed by atoms with van der Waals surface area (Å²) in [4.78, 5) is 32.5. The van der Waals surface area contributed by atoms with Gasteiger partial charge in [0.1, 0.15) is 11.6 Å². The number of esters is 1. The van der Waals surface area contributed by atoms with Crippen LogP contribution in [0.15, 0.2) is 12.4 Å². The molecule has 0 spiro atoms. The van der Waals surface area contributed by atoms with Crippen LogP contribution in [0, 0.1) is 12.8 Å². The quantitative estimate of drug-likeness (QED) is 0.0487. The van der Waals surface area contributed by atoms with Crippen molar-refractivity contribution in [1.29, 1.82) is 0 Å². The lowest BCUT2D eigenvalue weighted by Crippen LogP contribution is -2.28. The summed E-state index contributed by atoms with van der Waals surface area (Å²) in [7, 11) is 0. The van der Waals surface area contributed by atoms with Gasteiger partial charge in [0, 0.05) is 31.8 Å². The fourth-order valence-electron chi connectivity index (χ4n) is 8.19. The molecule has 0 radical (unpaired) electrons. The first-order valence-electron chi connectivity index (χ1n) is 24.9. The van der Waals surface area contributed by atoms with Crippen molar-refractivity contribution >= 4 is 11.8 Å². The van der Waals surface area contributed by atoms with E-state index in [1.807, 2.05) is 6.20 Å². The highest BCUT2D eigenvalue weighted by Crippen LogP contribution is 2.21. The van der Waals surface area contributed by atoms with Crippen LogP contribution in [0.1, 0.15) is 251 Å². The molecule has 0 aromatic carbocycles. The Labute approximate surface area is 348 Å². The van der Waals surface area contributed by atoms with Crippen LogP contribution in [-0.2, 0) is 20.9 Å². The third-order valence-electron chi connectivity index (χ3n) is 12.0. The second kappa shape index (κ2) is 40.1. The summed E-state index contributed by atoms with van der Waals surface area (Å²) in [5.74, 6) is 1.77. The molecule has 1 aromatic rings. The number of ether oxygens (including phenoxy) is 1.